The van der Waals surface area contributed by atoms with Crippen LogP contribution in [0, 0.1) is 6.07 Å². The monoisotopic (exact) mass is 233 g/mol. The van der Waals surface area contributed by atoms with Crippen molar-refractivity contribution in [2.45, 2.75) is 0 Å². The molecule has 81 valence electrons. The molecule has 0 amide bonds. The lowest BCUT2D eigenvalue weighted by Crippen LogP contribution is -1.85. The normalized spacial score (nSPS) is 10.1. The van der Waals surface area contributed by atoms with Crippen molar-refractivity contribution in [1.29, 1.82) is 0 Å². The average molecular weight is 234 g/mol. The molecule has 0 aliphatic heterocycles. The van der Waals surface area contributed by atoms with Gasteiger partial charge in [0.1, 0.15) is 5.76 Å². The Bertz CT molecular complexity index is 514. The van der Waals surface area contributed by atoms with Crippen LogP contribution in [0.15, 0.2) is 41.3 Å². The Morgan fingerprint density at radius 3 is 2.88 bits per heavy atom. The fourth-order valence-electron chi connectivity index (χ4n) is 1.38. The maximum absolute atomic E-state index is 6.04. The van der Waals surface area contributed by atoms with E-state index in [2.05, 4.69) is 12.6 Å². The van der Waals surface area contributed by atoms with E-state index in [-0.39, 0.29) is 0 Å². The summed E-state index contributed by atoms with van der Waals surface area (Å²) in [6.07, 6.45) is 0. The van der Waals surface area contributed by atoms with E-state index >= 15 is 0 Å². The smallest absolute Gasteiger partial charge is 0.284 e. The number of hydrogen-bond donors (Lipinski definition) is 0. The number of ether oxygens (including phenoxy) is 1. The minimum atomic E-state index is 0.453. The number of methoxy groups -OCH3 is 1. The first-order valence-electron chi connectivity index (χ1n) is 4.71. The number of rotatable bonds is 3. The van der Waals surface area contributed by atoms with E-state index in [9.17, 15) is 0 Å². The van der Waals surface area contributed by atoms with Gasteiger partial charge in [0.2, 0.25) is 0 Å². The van der Waals surface area contributed by atoms with E-state index in [1.807, 2.05) is 6.07 Å². The van der Waals surface area contributed by atoms with Gasteiger partial charge in [0, 0.05) is 22.2 Å². The van der Waals surface area contributed by atoms with Crippen LogP contribution in [-0.4, -0.2) is 7.11 Å². The second-order valence-electron chi connectivity index (χ2n) is 3.21. The highest BCUT2D eigenvalue weighted by molar-refractivity contribution is 6.32. The molecule has 2 rings (SSSR count). The summed E-state index contributed by atoms with van der Waals surface area (Å²) in [5, 5.41) is 0.600. The van der Waals surface area contributed by atoms with Crippen LogP contribution < -0.4 is 4.74 Å². The zero-order valence-electron chi connectivity index (χ0n) is 8.79. The second-order valence-corrected chi connectivity index (χ2v) is 3.61. The van der Waals surface area contributed by atoms with E-state index in [0.717, 1.165) is 11.1 Å². The molecule has 2 nitrogen and oxygen atoms in total. The Morgan fingerprint density at radius 1 is 1.44 bits per heavy atom. The van der Waals surface area contributed by atoms with Crippen molar-refractivity contribution in [3.63, 3.8) is 0 Å². The first kappa shape index (κ1) is 10.8. The van der Waals surface area contributed by atoms with Crippen molar-refractivity contribution in [2.75, 3.05) is 7.11 Å². The van der Waals surface area contributed by atoms with E-state index < -0.39 is 0 Å². The largest absolute Gasteiger partial charge is 0.468 e. The summed E-state index contributed by atoms with van der Waals surface area (Å²) in [5.41, 5.74) is 1.56. The number of benzene rings is 1. The number of halogens is 1. The van der Waals surface area contributed by atoms with Crippen molar-refractivity contribution in [2.24, 2.45) is 0 Å². The third-order valence-electron chi connectivity index (χ3n) is 2.22. The summed E-state index contributed by atoms with van der Waals surface area (Å²) in [4.78, 5) is 0. The predicted molar refractivity (Wildman–Crippen MR) is 63.7 cm³/mol. The molecule has 1 aromatic heterocycles. The molecule has 0 atom stereocenters. The van der Waals surface area contributed by atoms with E-state index in [4.69, 9.17) is 20.8 Å². The molecule has 16 heavy (non-hydrogen) atoms. The summed E-state index contributed by atoms with van der Waals surface area (Å²) in [6, 6.07) is 11.8. The van der Waals surface area contributed by atoms with Crippen LogP contribution >= 0.6 is 11.6 Å². The van der Waals surface area contributed by atoms with Crippen LogP contribution in [0.3, 0.4) is 0 Å². The van der Waals surface area contributed by atoms with Gasteiger partial charge in [-0.15, -0.1) is 0 Å². The van der Waals surface area contributed by atoms with Gasteiger partial charge < -0.3 is 9.15 Å². The highest BCUT2D eigenvalue weighted by atomic mass is 35.5. The predicted octanol–water partition coefficient (Wildman–Crippen LogP) is 3.80. The minimum Gasteiger partial charge on any atom is -0.468 e. The lowest BCUT2D eigenvalue weighted by molar-refractivity contribution is 0.302. The van der Waals surface area contributed by atoms with Gasteiger partial charge in [0.25, 0.3) is 5.95 Å². The molecule has 0 unspecified atom stereocenters. The van der Waals surface area contributed by atoms with Crippen LogP contribution in [0.4, 0.5) is 0 Å². The van der Waals surface area contributed by atoms with E-state index in [1.165, 1.54) is 0 Å². The average Bonchev–Trinajstić information content (AvgIpc) is 2.77. The summed E-state index contributed by atoms with van der Waals surface area (Å²) >= 11 is 6.04. The standard InChI is InChI=1S/C13H10ClO2/c1-9(10-5-3-4-6-11(10)14)12-7-8-13(15-2)16-12/h3,5-8H,1H2,2H3. The molecule has 0 saturated carbocycles. The lowest BCUT2D eigenvalue weighted by atomic mass is 10.1. The van der Waals surface area contributed by atoms with Gasteiger partial charge in [-0.3, -0.25) is 0 Å². The summed E-state index contributed by atoms with van der Waals surface area (Å²) in [6.45, 7) is 3.96. The van der Waals surface area contributed by atoms with Gasteiger partial charge >= 0.3 is 0 Å². The second kappa shape index (κ2) is 4.45. The third-order valence-corrected chi connectivity index (χ3v) is 2.53. The maximum Gasteiger partial charge on any atom is 0.284 e. The highest BCUT2D eigenvalue weighted by Crippen LogP contribution is 2.30. The van der Waals surface area contributed by atoms with E-state index in [1.54, 1.807) is 31.4 Å². The molecule has 0 aliphatic rings. The van der Waals surface area contributed by atoms with Crippen molar-refractivity contribution >= 4 is 17.2 Å². The summed E-state index contributed by atoms with van der Waals surface area (Å²) < 4.78 is 10.4. The molecular formula is C13H10ClO2. The first-order chi connectivity index (χ1) is 7.72. The molecule has 0 saturated heterocycles. The van der Waals surface area contributed by atoms with Gasteiger partial charge in [-0.2, -0.15) is 0 Å². The van der Waals surface area contributed by atoms with Crippen LogP contribution in [-0.2, 0) is 0 Å². The van der Waals surface area contributed by atoms with Gasteiger partial charge in [-0.1, -0.05) is 30.3 Å². The van der Waals surface area contributed by atoms with Crippen LogP contribution in [0.25, 0.3) is 5.57 Å². The number of furan rings is 1. The molecule has 0 aliphatic carbocycles. The van der Waals surface area contributed by atoms with Crippen LogP contribution in [0.2, 0.25) is 5.02 Å². The Morgan fingerprint density at radius 2 is 2.25 bits per heavy atom. The Labute approximate surface area is 99.1 Å². The molecule has 1 aromatic carbocycles. The molecule has 1 radical (unpaired) electrons. The summed E-state index contributed by atoms with van der Waals surface area (Å²) in [5.74, 6) is 1.10. The quantitative estimate of drug-likeness (QED) is 0.805. The maximum atomic E-state index is 6.04. The van der Waals surface area contributed by atoms with Crippen molar-refractivity contribution in [3.05, 3.63) is 59.3 Å². The van der Waals surface area contributed by atoms with Crippen molar-refractivity contribution in [3.8, 4) is 5.95 Å². The number of hydrogen-bond acceptors (Lipinski definition) is 2. The molecule has 0 N–H and O–H groups in total. The fraction of sp³-hybridized carbons (Fsp3) is 0.0769. The van der Waals surface area contributed by atoms with Crippen LogP contribution in [0.5, 0.6) is 5.95 Å². The Kier molecular flexibility index (Phi) is 3.02. The molecule has 0 fully saturated rings. The summed E-state index contributed by atoms with van der Waals surface area (Å²) in [7, 11) is 1.55. The van der Waals surface area contributed by atoms with Gasteiger partial charge in [0.15, 0.2) is 0 Å². The molecule has 0 spiro atoms. The first-order valence-corrected chi connectivity index (χ1v) is 5.09. The molecule has 0 bridgehead atoms. The Hall–Kier alpha value is -1.67. The SMILES string of the molecule is C=C(c1ccc(OC)o1)c1cc[c]cc1Cl. The molecular weight excluding hydrogens is 224 g/mol. The van der Waals surface area contributed by atoms with Crippen LogP contribution in [0.1, 0.15) is 11.3 Å². The zero-order chi connectivity index (χ0) is 11.5. The minimum absolute atomic E-state index is 0.453. The fourth-order valence-corrected chi connectivity index (χ4v) is 1.62. The third kappa shape index (κ3) is 1.97. The lowest BCUT2D eigenvalue weighted by Gasteiger charge is -2.04. The molecule has 3 heteroatoms. The molecule has 1 heterocycles. The van der Waals surface area contributed by atoms with Gasteiger partial charge in [-0.25, -0.2) is 0 Å². The van der Waals surface area contributed by atoms with Crippen molar-refractivity contribution < 1.29 is 9.15 Å². The van der Waals surface area contributed by atoms with Crippen molar-refractivity contribution in [1.82, 2.24) is 0 Å². The van der Waals surface area contributed by atoms with Gasteiger partial charge in [-0.05, 0) is 18.2 Å². The highest BCUT2D eigenvalue weighted by Gasteiger charge is 2.10. The Balaban J connectivity index is 2.35. The zero-order valence-corrected chi connectivity index (χ0v) is 9.54. The molecule has 2 aromatic rings. The van der Waals surface area contributed by atoms with E-state index in [0.29, 0.717) is 16.7 Å². The van der Waals surface area contributed by atoms with Gasteiger partial charge in [0.05, 0.1) is 7.11 Å². The topological polar surface area (TPSA) is 22.4 Å².